The molecule has 2 heterocycles. The van der Waals surface area contributed by atoms with Gasteiger partial charge in [0.1, 0.15) is 5.75 Å². The van der Waals surface area contributed by atoms with Gasteiger partial charge in [0.25, 0.3) is 0 Å². The summed E-state index contributed by atoms with van der Waals surface area (Å²) in [5.41, 5.74) is 2.25. The third kappa shape index (κ3) is 8.87. The molecule has 0 radical (unpaired) electrons. The molecule has 194 valence electrons. The molecule has 2 aliphatic heterocycles. The summed E-state index contributed by atoms with van der Waals surface area (Å²) < 4.78 is 11.0. The minimum absolute atomic E-state index is 0. The maximum Gasteiger partial charge on any atom is 0.347 e. The van der Waals surface area contributed by atoms with Gasteiger partial charge in [-0.3, -0.25) is 4.90 Å². The van der Waals surface area contributed by atoms with Crippen molar-refractivity contribution < 1.29 is 14.3 Å². The Balaban J connectivity index is 0.00000216. The number of methoxy groups -OCH3 is 1. The SMILES string of the molecule is COC(=O)C(Cc1ccccc1)Oc1ccc(N2CCN(CCC3CCNCC3)CC2)cc1.Cl.Cl. The zero-order valence-corrected chi connectivity index (χ0v) is 22.2. The number of hydrogen-bond acceptors (Lipinski definition) is 6. The van der Waals surface area contributed by atoms with Crippen molar-refractivity contribution in [3.8, 4) is 5.75 Å². The third-order valence-corrected chi connectivity index (χ3v) is 6.89. The molecular weight excluding hydrogens is 485 g/mol. The van der Waals surface area contributed by atoms with Crippen LogP contribution in [0.5, 0.6) is 5.75 Å². The van der Waals surface area contributed by atoms with Crippen LogP contribution in [0.4, 0.5) is 5.69 Å². The Hall–Kier alpha value is -1.99. The van der Waals surface area contributed by atoms with Gasteiger partial charge in [0.15, 0.2) is 6.10 Å². The van der Waals surface area contributed by atoms with Gasteiger partial charge in [0.2, 0.25) is 0 Å². The number of nitrogens with zero attached hydrogens (tertiary/aromatic N) is 2. The Morgan fingerprint density at radius 1 is 0.971 bits per heavy atom. The fourth-order valence-corrected chi connectivity index (χ4v) is 4.80. The van der Waals surface area contributed by atoms with Gasteiger partial charge in [-0.25, -0.2) is 4.79 Å². The van der Waals surface area contributed by atoms with E-state index in [-0.39, 0.29) is 30.8 Å². The molecule has 0 saturated carbocycles. The minimum atomic E-state index is -0.660. The van der Waals surface area contributed by atoms with Crippen LogP contribution in [0, 0.1) is 5.92 Å². The molecule has 35 heavy (non-hydrogen) atoms. The zero-order valence-electron chi connectivity index (χ0n) is 20.6. The molecule has 0 amide bonds. The normalized spacial score (nSPS) is 17.6. The lowest BCUT2D eigenvalue weighted by atomic mass is 9.94. The fourth-order valence-electron chi connectivity index (χ4n) is 4.80. The van der Waals surface area contributed by atoms with Crippen LogP contribution in [0.2, 0.25) is 0 Å². The molecule has 4 rings (SSSR count). The van der Waals surface area contributed by atoms with E-state index in [9.17, 15) is 4.79 Å². The molecule has 8 heteroatoms. The molecular formula is C27H39Cl2N3O3. The van der Waals surface area contributed by atoms with Crippen molar-refractivity contribution in [2.75, 3.05) is 57.8 Å². The number of piperazine rings is 1. The van der Waals surface area contributed by atoms with Crippen LogP contribution in [0.1, 0.15) is 24.8 Å². The highest BCUT2D eigenvalue weighted by Crippen LogP contribution is 2.23. The Morgan fingerprint density at radius 2 is 1.63 bits per heavy atom. The number of esters is 1. The molecule has 0 bridgehead atoms. The van der Waals surface area contributed by atoms with Gasteiger partial charge < -0.3 is 19.7 Å². The second-order valence-electron chi connectivity index (χ2n) is 9.12. The van der Waals surface area contributed by atoms with Gasteiger partial charge in [-0.1, -0.05) is 30.3 Å². The first-order chi connectivity index (χ1) is 16.2. The number of hydrogen-bond donors (Lipinski definition) is 1. The summed E-state index contributed by atoms with van der Waals surface area (Å²) in [6, 6.07) is 18.0. The van der Waals surface area contributed by atoms with Crippen LogP contribution in [0.3, 0.4) is 0 Å². The topological polar surface area (TPSA) is 54.0 Å². The maximum atomic E-state index is 12.3. The van der Waals surface area contributed by atoms with Crippen LogP contribution in [0.15, 0.2) is 54.6 Å². The molecule has 2 fully saturated rings. The van der Waals surface area contributed by atoms with E-state index in [0.717, 1.165) is 37.7 Å². The Bertz CT molecular complexity index is 856. The summed E-state index contributed by atoms with van der Waals surface area (Å²) in [5, 5.41) is 3.46. The lowest BCUT2D eigenvalue weighted by Crippen LogP contribution is -2.47. The first kappa shape index (κ1) is 29.2. The number of ether oxygens (including phenoxy) is 2. The summed E-state index contributed by atoms with van der Waals surface area (Å²) in [7, 11) is 1.40. The first-order valence-corrected chi connectivity index (χ1v) is 12.3. The summed E-state index contributed by atoms with van der Waals surface area (Å²) in [4.78, 5) is 17.3. The third-order valence-electron chi connectivity index (χ3n) is 6.89. The van der Waals surface area contributed by atoms with E-state index in [2.05, 4.69) is 27.2 Å². The van der Waals surface area contributed by atoms with Crippen LogP contribution >= 0.6 is 24.8 Å². The number of benzene rings is 2. The van der Waals surface area contributed by atoms with E-state index >= 15 is 0 Å². The maximum absolute atomic E-state index is 12.3. The van der Waals surface area contributed by atoms with Gasteiger partial charge >= 0.3 is 5.97 Å². The first-order valence-electron chi connectivity index (χ1n) is 12.3. The van der Waals surface area contributed by atoms with Crippen LogP contribution < -0.4 is 15.0 Å². The summed E-state index contributed by atoms with van der Waals surface area (Å²) in [6.07, 6.45) is 3.81. The van der Waals surface area contributed by atoms with Crippen molar-refractivity contribution in [1.29, 1.82) is 0 Å². The van der Waals surface area contributed by atoms with Crippen molar-refractivity contribution in [3.05, 3.63) is 60.2 Å². The van der Waals surface area contributed by atoms with E-state index in [1.54, 1.807) is 0 Å². The highest BCUT2D eigenvalue weighted by molar-refractivity contribution is 5.85. The molecule has 1 unspecified atom stereocenters. The molecule has 0 aliphatic carbocycles. The van der Waals surface area contributed by atoms with Gasteiger partial charge in [0.05, 0.1) is 7.11 Å². The molecule has 1 atom stereocenters. The molecule has 2 aromatic rings. The molecule has 2 saturated heterocycles. The number of nitrogens with one attached hydrogen (secondary N) is 1. The second-order valence-corrected chi connectivity index (χ2v) is 9.12. The van der Waals surface area contributed by atoms with Crippen LogP contribution in [-0.2, 0) is 16.0 Å². The monoisotopic (exact) mass is 523 g/mol. The van der Waals surface area contributed by atoms with E-state index in [0.29, 0.717) is 12.2 Å². The highest BCUT2D eigenvalue weighted by Gasteiger charge is 2.23. The van der Waals surface area contributed by atoms with E-state index in [1.807, 2.05) is 42.5 Å². The minimum Gasteiger partial charge on any atom is -0.478 e. The quantitative estimate of drug-likeness (QED) is 0.497. The van der Waals surface area contributed by atoms with Crippen molar-refractivity contribution in [2.24, 2.45) is 5.92 Å². The standard InChI is InChI=1S/C27H37N3O3.2ClH/c1-32-27(31)26(21-23-5-3-2-4-6-23)33-25-9-7-24(8-10-25)30-19-17-29(18-20-30)16-13-22-11-14-28-15-12-22;;/h2-10,22,26,28H,11-21H2,1H3;2*1H. The van der Waals surface area contributed by atoms with Gasteiger partial charge in [-0.15, -0.1) is 24.8 Å². The highest BCUT2D eigenvalue weighted by atomic mass is 35.5. The number of rotatable bonds is 9. The number of halogens is 2. The smallest absolute Gasteiger partial charge is 0.347 e. The van der Waals surface area contributed by atoms with Crippen molar-refractivity contribution in [2.45, 2.75) is 31.8 Å². The van der Waals surface area contributed by atoms with E-state index in [1.165, 1.54) is 51.7 Å². The lowest BCUT2D eigenvalue weighted by molar-refractivity contribution is -0.148. The average molecular weight is 525 g/mol. The Morgan fingerprint density at radius 3 is 2.26 bits per heavy atom. The Labute approximate surface area is 222 Å². The molecule has 1 N–H and O–H groups in total. The van der Waals surface area contributed by atoms with Gasteiger partial charge in [-0.2, -0.15) is 0 Å². The summed E-state index contributed by atoms with van der Waals surface area (Å²) >= 11 is 0. The number of carbonyl (C=O) groups excluding carboxylic acids is 1. The molecule has 2 aromatic carbocycles. The van der Waals surface area contributed by atoms with Gasteiger partial charge in [-0.05, 0) is 74.6 Å². The molecule has 2 aliphatic rings. The van der Waals surface area contributed by atoms with Crippen LogP contribution in [-0.4, -0.2) is 69.9 Å². The number of anilines is 1. The van der Waals surface area contributed by atoms with Crippen molar-refractivity contribution in [3.63, 3.8) is 0 Å². The second kappa shape index (κ2) is 15.2. The predicted octanol–water partition coefficient (Wildman–Crippen LogP) is 4.21. The lowest BCUT2D eigenvalue weighted by Gasteiger charge is -2.37. The molecule has 6 nitrogen and oxygen atoms in total. The van der Waals surface area contributed by atoms with E-state index in [4.69, 9.17) is 9.47 Å². The summed E-state index contributed by atoms with van der Waals surface area (Å²) in [5.74, 6) is 1.22. The van der Waals surface area contributed by atoms with Crippen molar-refractivity contribution in [1.82, 2.24) is 10.2 Å². The summed E-state index contributed by atoms with van der Waals surface area (Å²) in [6.45, 7) is 7.92. The predicted molar refractivity (Wildman–Crippen MR) is 146 cm³/mol. The van der Waals surface area contributed by atoms with Crippen LogP contribution in [0.25, 0.3) is 0 Å². The Kier molecular flexibility index (Phi) is 12.7. The fraction of sp³-hybridized carbons (Fsp3) is 0.519. The van der Waals surface area contributed by atoms with Crippen molar-refractivity contribution >= 4 is 36.5 Å². The molecule has 0 aromatic heterocycles. The largest absolute Gasteiger partial charge is 0.478 e. The van der Waals surface area contributed by atoms with Gasteiger partial charge in [0, 0.05) is 38.3 Å². The van der Waals surface area contributed by atoms with E-state index < -0.39 is 6.10 Å². The number of piperidine rings is 1. The number of carbonyl (C=O) groups is 1. The zero-order chi connectivity index (χ0) is 22.9. The molecule has 0 spiro atoms. The average Bonchev–Trinajstić information content (AvgIpc) is 2.88.